The first-order chi connectivity index (χ1) is 15.3. The highest BCUT2D eigenvalue weighted by Gasteiger charge is 2.29. The Morgan fingerprint density at radius 2 is 1.62 bits per heavy atom. The molecule has 0 aliphatic carbocycles. The van der Waals surface area contributed by atoms with Gasteiger partial charge in [-0.05, 0) is 50.2 Å². The van der Waals surface area contributed by atoms with E-state index >= 15 is 0 Å². The summed E-state index contributed by atoms with van der Waals surface area (Å²) < 4.78 is 47.3. The van der Waals surface area contributed by atoms with E-state index in [1.807, 2.05) is 31.2 Å². The molecule has 0 saturated heterocycles. The summed E-state index contributed by atoms with van der Waals surface area (Å²) >= 11 is 0. The normalized spacial score (nSPS) is 12.1. The Hall–Kier alpha value is -3.39. The fourth-order valence-corrected chi connectivity index (χ4v) is 4.47. The Morgan fingerprint density at radius 3 is 2.28 bits per heavy atom. The molecule has 1 atom stereocenters. The van der Waals surface area contributed by atoms with Crippen LogP contribution in [0.4, 0.5) is 10.1 Å². The van der Waals surface area contributed by atoms with Crippen molar-refractivity contribution in [2.45, 2.75) is 24.8 Å². The lowest BCUT2D eigenvalue weighted by Crippen LogP contribution is -2.45. The molecule has 3 rings (SSSR count). The van der Waals surface area contributed by atoms with Crippen LogP contribution in [-0.2, 0) is 14.8 Å². The van der Waals surface area contributed by atoms with Gasteiger partial charge in [-0.15, -0.1) is 0 Å². The van der Waals surface area contributed by atoms with Gasteiger partial charge in [0.1, 0.15) is 24.7 Å². The SMILES string of the molecule is Cc1ccc(OCC(C)NC(=O)CN(c2ccccc2F)S(=O)(=O)c2ccccc2)cc1. The molecule has 0 aliphatic heterocycles. The standard InChI is InChI=1S/C24H25FN2O4S/c1-18-12-14-20(15-13-18)31-17-19(2)26-24(28)16-27(23-11-7-6-10-22(23)25)32(29,30)21-8-4-3-5-9-21/h3-15,19H,16-17H2,1-2H3,(H,26,28). The third-order valence-corrected chi connectivity index (χ3v) is 6.44. The van der Waals surface area contributed by atoms with Gasteiger partial charge < -0.3 is 10.1 Å². The fourth-order valence-electron chi connectivity index (χ4n) is 3.02. The van der Waals surface area contributed by atoms with Crippen LogP contribution in [0, 0.1) is 12.7 Å². The molecule has 0 fully saturated rings. The number of carbonyl (C=O) groups excluding carboxylic acids is 1. The van der Waals surface area contributed by atoms with E-state index in [1.54, 1.807) is 25.1 Å². The maximum absolute atomic E-state index is 14.5. The Kier molecular flexibility index (Phi) is 7.48. The highest BCUT2D eigenvalue weighted by molar-refractivity contribution is 7.92. The van der Waals surface area contributed by atoms with Crippen molar-refractivity contribution in [1.82, 2.24) is 5.32 Å². The van der Waals surface area contributed by atoms with E-state index in [0.717, 1.165) is 15.9 Å². The minimum Gasteiger partial charge on any atom is -0.491 e. The van der Waals surface area contributed by atoms with Crippen LogP contribution < -0.4 is 14.4 Å². The highest BCUT2D eigenvalue weighted by atomic mass is 32.2. The van der Waals surface area contributed by atoms with Crippen molar-refractivity contribution in [3.05, 3.63) is 90.2 Å². The number of carbonyl (C=O) groups is 1. The van der Waals surface area contributed by atoms with Crippen LogP contribution in [0.25, 0.3) is 0 Å². The number of nitrogens with zero attached hydrogens (tertiary/aromatic N) is 1. The fraction of sp³-hybridized carbons (Fsp3) is 0.208. The zero-order valence-electron chi connectivity index (χ0n) is 17.9. The summed E-state index contributed by atoms with van der Waals surface area (Å²) in [5, 5.41) is 2.71. The summed E-state index contributed by atoms with van der Waals surface area (Å²) in [5.41, 5.74) is 0.904. The Labute approximate surface area is 187 Å². The van der Waals surface area contributed by atoms with E-state index in [1.165, 1.54) is 30.3 Å². The van der Waals surface area contributed by atoms with Gasteiger partial charge in [-0.2, -0.15) is 0 Å². The number of rotatable bonds is 9. The van der Waals surface area contributed by atoms with Gasteiger partial charge >= 0.3 is 0 Å². The molecule has 0 spiro atoms. The minimum absolute atomic E-state index is 0.0354. The molecule has 0 heterocycles. The molecule has 1 amide bonds. The molecule has 1 unspecified atom stereocenters. The van der Waals surface area contributed by atoms with Gasteiger partial charge in [0.25, 0.3) is 10.0 Å². The Bertz CT molecular complexity index is 1150. The number of amides is 1. The molecule has 6 nitrogen and oxygen atoms in total. The second-order valence-corrected chi connectivity index (χ2v) is 9.23. The zero-order valence-corrected chi connectivity index (χ0v) is 18.7. The number of hydrogen-bond acceptors (Lipinski definition) is 4. The lowest BCUT2D eigenvalue weighted by atomic mass is 10.2. The molecule has 0 radical (unpaired) electrons. The molecule has 3 aromatic carbocycles. The predicted molar refractivity (Wildman–Crippen MR) is 122 cm³/mol. The maximum atomic E-state index is 14.5. The van der Waals surface area contributed by atoms with Gasteiger partial charge in [0.15, 0.2) is 0 Å². The first-order valence-corrected chi connectivity index (χ1v) is 11.5. The summed E-state index contributed by atoms with van der Waals surface area (Å²) in [7, 11) is -4.17. The van der Waals surface area contributed by atoms with E-state index in [0.29, 0.717) is 5.75 Å². The number of hydrogen-bond donors (Lipinski definition) is 1. The maximum Gasteiger partial charge on any atom is 0.264 e. The van der Waals surface area contributed by atoms with E-state index in [9.17, 15) is 17.6 Å². The zero-order chi connectivity index (χ0) is 23.1. The molecule has 8 heteroatoms. The second-order valence-electron chi connectivity index (χ2n) is 7.37. The summed E-state index contributed by atoms with van der Waals surface area (Å²) in [5.74, 6) is -0.653. The third kappa shape index (κ3) is 5.85. The topological polar surface area (TPSA) is 75.7 Å². The van der Waals surface area contributed by atoms with Gasteiger partial charge in [0.05, 0.1) is 16.6 Å². The molecule has 0 bridgehead atoms. The van der Waals surface area contributed by atoms with E-state index in [2.05, 4.69) is 5.32 Å². The monoisotopic (exact) mass is 456 g/mol. The summed E-state index contributed by atoms with van der Waals surface area (Å²) in [6.45, 7) is 3.33. The highest BCUT2D eigenvalue weighted by Crippen LogP contribution is 2.26. The minimum atomic E-state index is -4.17. The molecular formula is C24H25FN2O4S. The van der Waals surface area contributed by atoms with Crippen molar-refractivity contribution in [1.29, 1.82) is 0 Å². The van der Waals surface area contributed by atoms with Crippen molar-refractivity contribution >= 4 is 21.6 Å². The summed E-state index contributed by atoms with van der Waals surface area (Å²) in [6.07, 6.45) is 0. The van der Waals surface area contributed by atoms with Crippen molar-refractivity contribution in [3.63, 3.8) is 0 Å². The van der Waals surface area contributed by atoms with E-state index in [4.69, 9.17) is 4.74 Å². The third-order valence-electron chi connectivity index (χ3n) is 4.67. The largest absolute Gasteiger partial charge is 0.491 e. The molecule has 0 saturated carbocycles. The van der Waals surface area contributed by atoms with Crippen LogP contribution in [0.1, 0.15) is 12.5 Å². The molecule has 32 heavy (non-hydrogen) atoms. The number of sulfonamides is 1. The lowest BCUT2D eigenvalue weighted by Gasteiger charge is -2.25. The number of ether oxygens (including phenoxy) is 1. The molecule has 3 aromatic rings. The van der Waals surface area contributed by atoms with Crippen molar-refractivity contribution in [3.8, 4) is 5.75 Å². The molecule has 1 N–H and O–H groups in total. The van der Waals surface area contributed by atoms with Crippen LogP contribution in [0.2, 0.25) is 0 Å². The van der Waals surface area contributed by atoms with Crippen molar-refractivity contribution < 1.29 is 22.3 Å². The second kappa shape index (κ2) is 10.3. The number of para-hydroxylation sites is 1. The summed E-state index contributed by atoms with van der Waals surface area (Å²) in [6, 6.07) is 20.2. The smallest absolute Gasteiger partial charge is 0.264 e. The lowest BCUT2D eigenvalue weighted by molar-refractivity contribution is -0.120. The number of nitrogens with one attached hydrogen (secondary N) is 1. The van der Waals surface area contributed by atoms with Gasteiger partial charge in [-0.3, -0.25) is 9.10 Å². The average molecular weight is 457 g/mol. The van der Waals surface area contributed by atoms with Crippen molar-refractivity contribution in [2.24, 2.45) is 0 Å². The van der Waals surface area contributed by atoms with Gasteiger partial charge in [0, 0.05) is 0 Å². The Balaban J connectivity index is 1.74. The Morgan fingerprint density at radius 1 is 1.00 bits per heavy atom. The van der Waals surface area contributed by atoms with Crippen LogP contribution in [-0.4, -0.2) is 33.5 Å². The van der Waals surface area contributed by atoms with Crippen LogP contribution >= 0.6 is 0 Å². The molecule has 0 aliphatic rings. The molecular weight excluding hydrogens is 431 g/mol. The number of halogens is 1. The first kappa shape index (κ1) is 23.3. The number of anilines is 1. The van der Waals surface area contributed by atoms with E-state index < -0.39 is 34.3 Å². The first-order valence-electron chi connectivity index (χ1n) is 10.1. The molecule has 0 aromatic heterocycles. The average Bonchev–Trinajstić information content (AvgIpc) is 2.78. The van der Waals surface area contributed by atoms with Gasteiger partial charge in [0.2, 0.25) is 5.91 Å². The molecule has 168 valence electrons. The van der Waals surface area contributed by atoms with Crippen LogP contribution in [0.15, 0.2) is 83.8 Å². The van der Waals surface area contributed by atoms with Gasteiger partial charge in [-0.25, -0.2) is 12.8 Å². The van der Waals surface area contributed by atoms with Crippen LogP contribution in [0.5, 0.6) is 5.75 Å². The van der Waals surface area contributed by atoms with Crippen LogP contribution in [0.3, 0.4) is 0 Å². The van der Waals surface area contributed by atoms with E-state index in [-0.39, 0.29) is 17.2 Å². The number of benzene rings is 3. The van der Waals surface area contributed by atoms with Crippen molar-refractivity contribution in [2.75, 3.05) is 17.5 Å². The quantitative estimate of drug-likeness (QED) is 0.530. The van der Waals surface area contributed by atoms with Gasteiger partial charge in [-0.1, -0.05) is 48.0 Å². The summed E-state index contributed by atoms with van der Waals surface area (Å²) in [4.78, 5) is 12.7. The number of aryl methyl sites for hydroxylation is 1. The predicted octanol–water partition coefficient (Wildman–Crippen LogP) is 3.91.